The molecule has 0 N–H and O–H groups in total. The number of hydrogen-bond donors (Lipinski definition) is 0. The van der Waals surface area contributed by atoms with Crippen molar-refractivity contribution in [3.8, 4) is 11.5 Å². The first-order chi connectivity index (χ1) is 16.4. The monoisotopic (exact) mass is 478 g/mol. The van der Waals surface area contributed by atoms with E-state index >= 15 is 0 Å². The molecule has 0 aromatic heterocycles. The van der Waals surface area contributed by atoms with E-state index in [1.807, 2.05) is 50.2 Å². The molecule has 178 valence electrons. The third-order valence-electron chi connectivity index (χ3n) is 6.81. The molecule has 3 aromatic rings. The zero-order valence-corrected chi connectivity index (χ0v) is 20.6. The average Bonchev–Trinajstić information content (AvgIpc) is 3.25. The van der Waals surface area contributed by atoms with Crippen molar-refractivity contribution in [1.29, 1.82) is 0 Å². The Bertz CT molecular complexity index is 1290. The van der Waals surface area contributed by atoms with Crippen molar-refractivity contribution in [2.24, 2.45) is 0 Å². The van der Waals surface area contributed by atoms with Crippen molar-refractivity contribution < 1.29 is 17.9 Å². The Kier molecular flexibility index (Phi) is 6.10. The fourth-order valence-corrected chi connectivity index (χ4v) is 6.75. The van der Waals surface area contributed by atoms with E-state index in [-0.39, 0.29) is 6.04 Å². The standard InChI is InChI=1S/C27H30N2O4S/c1-4-33-26-17-21(11-14-25(26)32-3)27-28-16-15-20-7-5-6-8-23(20)24(28)18-29(27)34(30,31)22-12-9-19(2)10-13-22/h5-14,17,24,27H,4,15-16,18H2,1-3H3/t24-,27-/m1/s1. The summed E-state index contributed by atoms with van der Waals surface area (Å²) in [5, 5.41) is 0. The Hall–Kier alpha value is -2.87. The van der Waals surface area contributed by atoms with Gasteiger partial charge in [-0.1, -0.05) is 48.0 Å². The lowest BCUT2D eigenvalue weighted by atomic mass is 9.93. The molecule has 7 heteroatoms. The molecule has 3 aromatic carbocycles. The normalized spacial score (nSPS) is 20.6. The van der Waals surface area contributed by atoms with Crippen LogP contribution in [0.15, 0.2) is 71.6 Å². The summed E-state index contributed by atoms with van der Waals surface area (Å²) in [6.45, 7) is 5.55. The van der Waals surface area contributed by atoms with E-state index in [1.54, 1.807) is 23.5 Å². The SMILES string of the molecule is CCOc1cc([C@@H]2N3CCc4ccccc4[C@H]3CN2S(=O)(=O)c2ccc(C)cc2)ccc1OC. The Labute approximate surface area is 201 Å². The van der Waals surface area contributed by atoms with E-state index in [0.29, 0.717) is 29.5 Å². The molecule has 2 aliphatic rings. The van der Waals surface area contributed by atoms with Gasteiger partial charge in [0.25, 0.3) is 0 Å². The van der Waals surface area contributed by atoms with Crippen molar-refractivity contribution in [2.45, 2.75) is 37.4 Å². The van der Waals surface area contributed by atoms with Crippen LogP contribution in [0.2, 0.25) is 0 Å². The van der Waals surface area contributed by atoms with Gasteiger partial charge in [-0.05, 0) is 61.2 Å². The highest BCUT2D eigenvalue weighted by atomic mass is 32.2. The highest BCUT2D eigenvalue weighted by Crippen LogP contribution is 2.47. The minimum absolute atomic E-state index is 0.00665. The number of methoxy groups -OCH3 is 1. The molecule has 0 bridgehead atoms. The molecular formula is C27H30N2O4S. The molecule has 1 fully saturated rings. The lowest BCUT2D eigenvalue weighted by molar-refractivity contribution is 0.154. The van der Waals surface area contributed by atoms with Crippen molar-refractivity contribution in [3.05, 3.63) is 89.0 Å². The molecule has 2 aliphatic heterocycles. The maximum absolute atomic E-state index is 14.0. The maximum atomic E-state index is 14.0. The van der Waals surface area contributed by atoms with E-state index in [1.165, 1.54) is 11.1 Å². The van der Waals surface area contributed by atoms with Crippen LogP contribution in [0.25, 0.3) is 0 Å². The first-order valence-corrected chi connectivity index (χ1v) is 13.1. The van der Waals surface area contributed by atoms with Crippen molar-refractivity contribution in [2.75, 3.05) is 26.8 Å². The largest absolute Gasteiger partial charge is 0.493 e. The molecular weight excluding hydrogens is 448 g/mol. The van der Waals surface area contributed by atoms with Crippen LogP contribution in [0.3, 0.4) is 0 Å². The smallest absolute Gasteiger partial charge is 0.244 e. The number of ether oxygens (including phenoxy) is 2. The molecule has 5 rings (SSSR count). The summed E-state index contributed by atoms with van der Waals surface area (Å²) in [5.74, 6) is 1.26. The van der Waals surface area contributed by atoms with Gasteiger partial charge in [-0.3, -0.25) is 4.90 Å². The zero-order chi connectivity index (χ0) is 23.9. The van der Waals surface area contributed by atoms with E-state index < -0.39 is 16.2 Å². The number of sulfonamides is 1. The van der Waals surface area contributed by atoms with E-state index in [9.17, 15) is 8.42 Å². The molecule has 0 spiro atoms. The number of benzene rings is 3. The average molecular weight is 479 g/mol. The summed E-state index contributed by atoms with van der Waals surface area (Å²) in [6, 6.07) is 21.2. The molecule has 1 saturated heterocycles. The number of nitrogens with zero attached hydrogens (tertiary/aromatic N) is 2. The predicted molar refractivity (Wildman–Crippen MR) is 132 cm³/mol. The number of fused-ring (bicyclic) bond motifs is 3. The van der Waals surface area contributed by atoms with Gasteiger partial charge in [-0.15, -0.1) is 0 Å². The zero-order valence-electron chi connectivity index (χ0n) is 19.8. The first kappa shape index (κ1) is 22.9. The summed E-state index contributed by atoms with van der Waals surface area (Å²) in [6.07, 6.45) is 0.450. The van der Waals surface area contributed by atoms with Gasteiger partial charge in [0.15, 0.2) is 11.5 Å². The lowest BCUT2D eigenvalue weighted by Crippen LogP contribution is -2.37. The molecule has 0 aliphatic carbocycles. The highest BCUT2D eigenvalue weighted by molar-refractivity contribution is 7.89. The summed E-state index contributed by atoms with van der Waals surface area (Å²) in [7, 11) is -2.12. The second-order valence-corrected chi connectivity index (χ2v) is 10.7. The van der Waals surface area contributed by atoms with Crippen LogP contribution in [0.1, 0.15) is 41.4 Å². The predicted octanol–water partition coefficient (Wildman–Crippen LogP) is 4.70. The first-order valence-electron chi connectivity index (χ1n) is 11.7. The number of aryl methyl sites for hydroxylation is 1. The van der Waals surface area contributed by atoms with Crippen molar-refractivity contribution in [3.63, 3.8) is 0 Å². The van der Waals surface area contributed by atoms with E-state index in [2.05, 4.69) is 23.1 Å². The molecule has 0 unspecified atom stereocenters. The maximum Gasteiger partial charge on any atom is 0.244 e. The summed E-state index contributed by atoms with van der Waals surface area (Å²) >= 11 is 0. The highest BCUT2D eigenvalue weighted by Gasteiger charge is 2.48. The van der Waals surface area contributed by atoms with Gasteiger partial charge >= 0.3 is 0 Å². The van der Waals surface area contributed by atoms with Crippen LogP contribution >= 0.6 is 0 Å². The third-order valence-corrected chi connectivity index (χ3v) is 8.64. The summed E-state index contributed by atoms with van der Waals surface area (Å²) < 4.78 is 40.9. The van der Waals surface area contributed by atoms with Crippen LogP contribution in [0, 0.1) is 6.92 Å². The van der Waals surface area contributed by atoms with Gasteiger partial charge < -0.3 is 9.47 Å². The molecule has 0 amide bonds. The number of hydrogen-bond acceptors (Lipinski definition) is 5. The van der Waals surface area contributed by atoms with Gasteiger partial charge in [0, 0.05) is 13.1 Å². The molecule has 6 nitrogen and oxygen atoms in total. The molecule has 34 heavy (non-hydrogen) atoms. The van der Waals surface area contributed by atoms with E-state index in [4.69, 9.17) is 9.47 Å². The van der Waals surface area contributed by atoms with Crippen LogP contribution in [-0.2, 0) is 16.4 Å². The Morgan fingerprint density at radius 3 is 2.50 bits per heavy atom. The molecule has 2 heterocycles. The van der Waals surface area contributed by atoms with Crippen LogP contribution in [0.5, 0.6) is 11.5 Å². The van der Waals surface area contributed by atoms with Gasteiger partial charge in [-0.25, -0.2) is 8.42 Å². The van der Waals surface area contributed by atoms with Gasteiger partial charge in [-0.2, -0.15) is 4.31 Å². The van der Waals surface area contributed by atoms with E-state index in [0.717, 1.165) is 24.1 Å². The Balaban J connectivity index is 1.63. The molecule has 0 radical (unpaired) electrons. The van der Waals surface area contributed by atoms with Gasteiger partial charge in [0.05, 0.1) is 24.7 Å². The summed E-state index contributed by atoms with van der Waals surface area (Å²) in [4.78, 5) is 2.63. The Morgan fingerprint density at radius 2 is 1.76 bits per heavy atom. The van der Waals surface area contributed by atoms with Crippen LogP contribution in [0.4, 0.5) is 0 Å². The minimum Gasteiger partial charge on any atom is -0.493 e. The van der Waals surface area contributed by atoms with Crippen molar-refractivity contribution >= 4 is 10.0 Å². The fourth-order valence-electron chi connectivity index (χ4n) is 5.16. The molecule has 0 saturated carbocycles. The second kappa shape index (κ2) is 9.06. The number of rotatable bonds is 6. The fraction of sp³-hybridized carbons (Fsp3) is 0.333. The second-order valence-electron chi connectivity index (χ2n) is 8.81. The summed E-state index contributed by atoms with van der Waals surface area (Å²) in [5.41, 5.74) is 4.40. The Morgan fingerprint density at radius 1 is 1.00 bits per heavy atom. The third kappa shape index (κ3) is 3.87. The van der Waals surface area contributed by atoms with Gasteiger partial charge in [0.2, 0.25) is 10.0 Å². The van der Waals surface area contributed by atoms with Crippen LogP contribution in [-0.4, -0.2) is 44.4 Å². The molecule has 2 atom stereocenters. The van der Waals surface area contributed by atoms with Crippen LogP contribution < -0.4 is 9.47 Å². The lowest BCUT2D eigenvalue weighted by Gasteiger charge is -2.36. The minimum atomic E-state index is -3.73. The van der Waals surface area contributed by atoms with Gasteiger partial charge in [0.1, 0.15) is 6.17 Å². The topological polar surface area (TPSA) is 59.1 Å². The quantitative estimate of drug-likeness (QED) is 0.514. The van der Waals surface area contributed by atoms with Crippen molar-refractivity contribution in [1.82, 2.24) is 9.21 Å².